The molecule has 0 saturated heterocycles. The first kappa shape index (κ1) is 26.0. The van der Waals surface area contributed by atoms with Crippen molar-refractivity contribution in [2.75, 3.05) is 10.2 Å². The number of hydrogen-bond acceptors (Lipinski definition) is 2. The van der Waals surface area contributed by atoms with E-state index < -0.39 is 18.7 Å². The first-order chi connectivity index (χ1) is 22.8. The molecule has 1 N–H and O–H groups in total. The Morgan fingerprint density at radius 1 is 0.370 bits per heavy atom. The van der Waals surface area contributed by atoms with Crippen molar-refractivity contribution in [1.29, 1.82) is 0 Å². The first-order valence-electron chi connectivity index (χ1n) is 16.0. The zero-order chi connectivity index (χ0) is 30.3. The SMILES string of the molecule is c1ccc(N2c3cccc[c]3[Ge]3([c]4ccccc42)[c]2ccccc2C2(c4ccccc4Nc4ccccc42)c2cccc[c]23)cc1. The molecule has 0 unspecified atom stereocenters. The van der Waals surface area contributed by atoms with Crippen molar-refractivity contribution in [2.45, 2.75) is 5.41 Å². The number of nitrogens with zero attached hydrogens (tertiary/aromatic N) is 1. The van der Waals surface area contributed by atoms with E-state index in [0.717, 1.165) is 0 Å². The van der Waals surface area contributed by atoms with Gasteiger partial charge in [-0.1, -0.05) is 0 Å². The van der Waals surface area contributed by atoms with Crippen molar-refractivity contribution < 1.29 is 0 Å². The van der Waals surface area contributed by atoms with Crippen molar-refractivity contribution in [3.63, 3.8) is 0 Å². The summed E-state index contributed by atoms with van der Waals surface area (Å²) in [6.07, 6.45) is 0. The van der Waals surface area contributed by atoms with Gasteiger partial charge in [0.2, 0.25) is 0 Å². The van der Waals surface area contributed by atoms with Crippen molar-refractivity contribution >= 4 is 59.3 Å². The molecular formula is C43H30GeN2. The van der Waals surface area contributed by atoms with Crippen LogP contribution in [0.2, 0.25) is 0 Å². The summed E-state index contributed by atoms with van der Waals surface area (Å²) in [5.74, 6) is 0. The van der Waals surface area contributed by atoms with Crippen LogP contribution >= 0.6 is 0 Å². The Hall–Kier alpha value is -5.32. The summed E-state index contributed by atoms with van der Waals surface area (Å²) < 4.78 is 5.99. The van der Waals surface area contributed by atoms with Crippen LogP contribution in [-0.2, 0) is 5.41 Å². The number of fused-ring (bicyclic) bond motifs is 14. The van der Waals surface area contributed by atoms with E-state index in [-0.39, 0.29) is 0 Å². The molecule has 10 rings (SSSR count). The molecule has 0 atom stereocenters. The summed E-state index contributed by atoms with van der Waals surface area (Å²) in [6.45, 7) is 0. The first-order valence-corrected chi connectivity index (χ1v) is 20.2. The van der Waals surface area contributed by atoms with Gasteiger partial charge in [-0.2, -0.15) is 0 Å². The molecule has 7 aromatic carbocycles. The van der Waals surface area contributed by atoms with Crippen LogP contribution in [0.1, 0.15) is 22.3 Å². The van der Waals surface area contributed by atoms with E-state index in [1.165, 1.54) is 68.3 Å². The van der Waals surface area contributed by atoms with Gasteiger partial charge in [0, 0.05) is 0 Å². The number of anilines is 5. The summed E-state index contributed by atoms with van der Waals surface area (Å²) in [7, 11) is 0. The Morgan fingerprint density at radius 2 is 0.761 bits per heavy atom. The van der Waals surface area contributed by atoms with Crippen LogP contribution in [-0.4, -0.2) is 13.3 Å². The third-order valence-electron chi connectivity index (χ3n) is 10.5. The average molecular weight is 647 g/mol. The van der Waals surface area contributed by atoms with Gasteiger partial charge in [0.25, 0.3) is 0 Å². The van der Waals surface area contributed by atoms with E-state index in [4.69, 9.17) is 0 Å². The molecule has 0 amide bonds. The molecule has 46 heavy (non-hydrogen) atoms. The van der Waals surface area contributed by atoms with Crippen LogP contribution in [0, 0.1) is 0 Å². The average Bonchev–Trinajstić information content (AvgIpc) is 3.13. The molecule has 3 heterocycles. The second-order valence-corrected chi connectivity index (χ2v) is 20.2. The molecule has 216 valence electrons. The van der Waals surface area contributed by atoms with Gasteiger partial charge in [-0.05, 0) is 0 Å². The van der Waals surface area contributed by atoms with E-state index in [9.17, 15) is 0 Å². The fourth-order valence-corrected chi connectivity index (χ4v) is 20.8. The topological polar surface area (TPSA) is 15.3 Å². The van der Waals surface area contributed by atoms with Gasteiger partial charge in [0.1, 0.15) is 0 Å². The van der Waals surface area contributed by atoms with Crippen LogP contribution in [0.25, 0.3) is 0 Å². The molecule has 3 aliphatic rings. The molecule has 0 aliphatic carbocycles. The van der Waals surface area contributed by atoms with Crippen LogP contribution < -0.4 is 27.8 Å². The van der Waals surface area contributed by atoms with Gasteiger partial charge >= 0.3 is 273 Å². The quantitative estimate of drug-likeness (QED) is 0.185. The number of rotatable bonds is 1. The van der Waals surface area contributed by atoms with Gasteiger partial charge in [0.05, 0.1) is 0 Å². The van der Waals surface area contributed by atoms with Gasteiger partial charge in [0.15, 0.2) is 0 Å². The van der Waals surface area contributed by atoms with E-state index in [1.54, 1.807) is 0 Å². The molecule has 0 aromatic heterocycles. The minimum atomic E-state index is -3.65. The molecule has 7 aromatic rings. The second-order valence-electron chi connectivity index (χ2n) is 12.5. The van der Waals surface area contributed by atoms with Crippen LogP contribution in [0.5, 0.6) is 0 Å². The Labute approximate surface area is 272 Å². The fraction of sp³-hybridized carbons (Fsp3) is 0.0233. The summed E-state index contributed by atoms with van der Waals surface area (Å²) in [6, 6.07) is 66.2. The maximum atomic E-state index is 3.81. The molecular weight excluding hydrogens is 617 g/mol. The standard InChI is InChI=1S/C43H30GeN2/c1-2-16-30(17-3-1)46-41-28-14-10-24-37(41)44(38-25-11-15-29-42(38)46)35-22-8-4-18-31(35)43(32-19-5-9-23-36(32)44)33-20-6-12-26-39(33)45-40-27-13-7-21-34(40)43/h1-29,45H. The monoisotopic (exact) mass is 648 g/mol. The van der Waals surface area contributed by atoms with E-state index in [2.05, 4.69) is 186 Å². The molecule has 3 aliphatic heterocycles. The van der Waals surface area contributed by atoms with Crippen LogP contribution in [0.3, 0.4) is 0 Å². The molecule has 2 spiro atoms. The third kappa shape index (κ3) is 3.12. The Balaban J connectivity index is 1.41. The number of para-hydroxylation sites is 5. The molecule has 0 saturated carbocycles. The number of hydrogen-bond donors (Lipinski definition) is 1. The molecule has 3 heteroatoms. The zero-order valence-electron chi connectivity index (χ0n) is 25.2. The predicted molar refractivity (Wildman–Crippen MR) is 193 cm³/mol. The fourth-order valence-electron chi connectivity index (χ4n) is 8.96. The van der Waals surface area contributed by atoms with Crippen molar-refractivity contribution in [1.82, 2.24) is 0 Å². The van der Waals surface area contributed by atoms with Gasteiger partial charge in [-0.15, -0.1) is 0 Å². The van der Waals surface area contributed by atoms with Gasteiger partial charge in [-0.3, -0.25) is 0 Å². The van der Waals surface area contributed by atoms with Crippen LogP contribution in [0.4, 0.5) is 28.4 Å². The predicted octanol–water partition coefficient (Wildman–Crippen LogP) is 7.60. The maximum absolute atomic E-state index is 3.81. The van der Waals surface area contributed by atoms with Crippen LogP contribution in [0.15, 0.2) is 176 Å². The van der Waals surface area contributed by atoms with Gasteiger partial charge in [-0.25, -0.2) is 0 Å². The summed E-state index contributed by atoms with van der Waals surface area (Å²) in [4.78, 5) is 2.49. The molecule has 0 radical (unpaired) electrons. The Morgan fingerprint density at radius 3 is 1.28 bits per heavy atom. The number of benzene rings is 7. The van der Waals surface area contributed by atoms with E-state index in [1.807, 2.05) is 0 Å². The zero-order valence-corrected chi connectivity index (χ0v) is 27.3. The normalized spacial score (nSPS) is 15.4. The Kier molecular flexibility index (Phi) is 5.41. The molecule has 0 bridgehead atoms. The third-order valence-corrected chi connectivity index (χ3v) is 20.9. The van der Waals surface area contributed by atoms with E-state index in [0.29, 0.717) is 0 Å². The van der Waals surface area contributed by atoms with E-state index >= 15 is 0 Å². The van der Waals surface area contributed by atoms with Gasteiger partial charge < -0.3 is 0 Å². The number of nitrogens with one attached hydrogen (secondary N) is 1. The van der Waals surface area contributed by atoms with Crippen molar-refractivity contribution in [2.24, 2.45) is 0 Å². The van der Waals surface area contributed by atoms with Crippen molar-refractivity contribution in [3.05, 3.63) is 198 Å². The summed E-state index contributed by atoms with van der Waals surface area (Å²) in [5, 5.41) is 3.81. The minimum absolute atomic E-state index is 0.456. The molecule has 2 nitrogen and oxygen atoms in total. The second kappa shape index (κ2) is 9.59. The summed E-state index contributed by atoms with van der Waals surface area (Å²) in [5.41, 5.74) is 11.1. The summed E-state index contributed by atoms with van der Waals surface area (Å²) >= 11 is -3.65. The molecule has 0 fully saturated rings. The Bertz CT molecular complexity index is 2180. The van der Waals surface area contributed by atoms with Crippen molar-refractivity contribution in [3.8, 4) is 0 Å².